The Balaban J connectivity index is 1.58. The summed E-state index contributed by atoms with van der Waals surface area (Å²) in [6, 6.07) is 7.56. The molecule has 0 saturated carbocycles. The lowest BCUT2D eigenvalue weighted by Gasteiger charge is -2.20. The SMILES string of the molecule is Cc1nc2c(s1)CC(C(=O)NCc1ccc(Cl)cc1)CC2. The van der Waals surface area contributed by atoms with Gasteiger partial charge in [-0.2, -0.15) is 0 Å². The van der Waals surface area contributed by atoms with Gasteiger partial charge in [-0.3, -0.25) is 4.79 Å². The van der Waals surface area contributed by atoms with E-state index in [-0.39, 0.29) is 11.8 Å². The molecule has 1 aromatic heterocycles. The Bertz CT molecular complexity index is 651. The second-order valence-corrected chi connectivity index (χ2v) is 7.11. The van der Waals surface area contributed by atoms with Crippen molar-refractivity contribution in [1.82, 2.24) is 10.3 Å². The van der Waals surface area contributed by atoms with Gasteiger partial charge in [-0.05, 0) is 43.9 Å². The molecule has 0 spiro atoms. The number of hydrogen-bond donors (Lipinski definition) is 1. The first-order valence-electron chi connectivity index (χ1n) is 7.09. The number of aromatic nitrogens is 1. The number of nitrogens with zero attached hydrogens (tertiary/aromatic N) is 1. The molecule has 1 aliphatic rings. The molecule has 1 N–H and O–H groups in total. The molecule has 0 saturated heterocycles. The minimum absolute atomic E-state index is 0.0738. The standard InChI is InChI=1S/C16H17ClN2OS/c1-10-19-14-7-4-12(8-15(14)21-10)16(20)18-9-11-2-5-13(17)6-3-11/h2-3,5-6,12H,4,7-9H2,1H3,(H,18,20). The molecular formula is C16H17ClN2OS. The van der Waals surface area contributed by atoms with Crippen molar-refractivity contribution in [3.05, 3.63) is 50.4 Å². The molecule has 1 amide bonds. The molecule has 21 heavy (non-hydrogen) atoms. The molecule has 0 fully saturated rings. The van der Waals surface area contributed by atoms with Gasteiger partial charge in [0, 0.05) is 22.4 Å². The Kier molecular flexibility index (Phi) is 4.27. The molecule has 1 unspecified atom stereocenters. The number of halogens is 1. The van der Waals surface area contributed by atoms with Crippen molar-refractivity contribution in [2.24, 2.45) is 5.92 Å². The largest absolute Gasteiger partial charge is 0.352 e. The van der Waals surface area contributed by atoms with E-state index in [2.05, 4.69) is 10.3 Å². The van der Waals surface area contributed by atoms with Crippen LogP contribution in [-0.2, 0) is 24.2 Å². The van der Waals surface area contributed by atoms with E-state index in [1.165, 1.54) is 10.6 Å². The first-order valence-corrected chi connectivity index (χ1v) is 8.28. The molecule has 0 bridgehead atoms. The van der Waals surface area contributed by atoms with E-state index < -0.39 is 0 Å². The number of aryl methyl sites for hydroxylation is 2. The van der Waals surface area contributed by atoms with Crippen LogP contribution >= 0.6 is 22.9 Å². The first-order chi connectivity index (χ1) is 10.1. The Morgan fingerprint density at radius 1 is 1.43 bits per heavy atom. The monoisotopic (exact) mass is 320 g/mol. The van der Waals surface area contributed by atoms with E-state index in [1.807, 2.05) is 31.2 Å². The lowest BCUT2D eigenvalue weighted by atomic mass is 9.90. The molecule has 5 heteroatoms. The fourth-order valence-corrected chi connectivity index (χ4v) is 3.85. The number of rotatable bonds is 3. The summed E-state index contributed by atoms with van der Waals surface area (Å²) in [5, 5.41) is 4.84. The number of amides is 1. The zero-order valence-corrected chi connectivity index (χ0v) is 13.4. The van der Waals surface area contributed by atoms with Crippen molar-refractivity contribution in [3.63, 3.8) is 0 Å². The maximum Gasteiger partial charge on any atom is 0.223 e. The van der Waals surface area contributed by atoms with Crippen LogP contribution in [0.3, 0.4) is 0 Å². The number of benzene rings is 1. The van der Waals surface area contributed by atoms with Crippen LogP contribution in [0, 0.1) is 12.8 Å². The second-order valence-electron chi connectivity index (χ2n) is 5.39. The highest BCUT2D eigenvalue weighted by atomic mass is 35.5. The van der Waals surface area contributed by atoms with E-state index in [0.717, 1.165) is 29.8 Å². The number of fused-ring (bicyclic) bond motifs is 1. The van der Waals surface area contributed by atoms with Gasteiger partial charge < -0.3 is 5.32 Å². The number of carbonyl (C=O) groups is 1. The summed E-state index contributed by atoms with van der Waals surface area (Å²) < 4.78 is 0. The van der Waals surface area contributed by atoms with Crippen LogP contribution < -0.4 is 5.32 Å². The number of thiazole rings is 1. The number of carbonyl (C=O) groups excluding carboxylic acids is 1. The number of nitrogens with one attached hydrogen (secondary N) is 1. The molecule has 110 valence electrons. The summed E-state index contributed by atoms with van der Waals surface area (Å²) >= 11 is 7.58. The van der Waals surface area contributed by atoms with Crippen LogP contribution in [0.5, 0.6) is 0 Å². The van der Waals surface area contributed by atoms with Gasteiger partial charge in [0.05, 0.1) is 10.7 Å². The van der Waals surface area contributed by atoms with Crippen molar-refractivity contribution in [1.29, 1.82) is 0 Å². The average molecular weight is 321 g/mol. The molecular weight excluding hydrogens is 304 g/mol. The highest BCUT2D eigenvalue weighted by Crippen LogP contribution is 2.29. The fourth-order valence-electron chi connectivity index (χ4n) is 2.66. The van der Waals surface area contributed by atoms with Gasteiger partial charge in [0.25, 0.3) is 0 Å². The molecule has 3 nitrogen and oxygen atoms in total. The van der Waals surface area contributed by atoms with Crippen LogP contribution in [0.15, 0.2) is 24.3 Å². The third kappa shape index (κ3) is 3.44. The molecule has 1 aromatic carbocycles. The summed E-state index contributed by atoms with van der Waals surface area (Å²) in [5.41, 5.74) is 2.26. The molecule has 1 heterocycles. The third-order valence-electron chi connectivity index (χ3n) is 3.80. The minimum Gasteiger partial charge on any atom is -0.352 e. The van der Waals surface area contributed by atoms with E-state index in [4.69, 9.17) is 11.6 Å². The highest BCUT2D eigenvalue weighted by Gasteiger charge is 2.26. The molecule has 1 aliphatic carbocycles. The molecule has 2 aromatic rings. The smallest absolute Gasteiger partial charge is 0.223 e. The summed E-state index contributed by atoms with van der Waals surface area (Å²) in [7, 11) is 0. The zero-order chi connectivity index (χ0) is 14.8. The van der Waals surface area contributed by atoms with Gasteiger partial charge >= 0.3 is 0 Å². The van der Waals surface area contributed by atoms with Crippen LogP contribution in [0.1, 0.15) is 27.6 Å². The normalized spacial score (nSPS) is 17.3. The molecule has 3 rings (SSSR count). The predicted octanol–water partition coefficient (Wildman–Crippen LogP) is 3.53. The highest BCUT2D eigenvalue weighted by molar-refractivity contribution is 7.11. The van der Waals surface area contributed by atoms with Gasteiger partial charge in [-0.25, -0.2) is 4.98 Å². The molecule has 0 radical (unpaired) electrons. The van der Waals surface area contributed by atoms with Crippen molar-refractivity contribution in [2.75, 3.05) is 0 Å². The summed E-state index contributed by atoms with van der Waals surface area (Å²) in [4.78, 5) is 18.1. The van der Waals surface area contributed by atoms with E-state index in [1.54, 1.807) is 11.3 Å². The Morgan fingerprint density at radius 2 is 2.19 bits per heavy atom. The lowest BCUT2D eigenvalue weighted by Crippen LogP contribution is -2.33. The number of hydrogen-bond acceptors (Lipinski definition) is 3. The van der Waals surface area contributed by atoms with Crippen molar-refractivity contribution in [2.45, 2.75) is 32.7 Å². The van der Waals surface area contributed by atoms with Crippen molar-refractivity contribution >= 4 is 28.8 Å². The van der Waals surface area contributed by atoms with Gasteiger partial charge in [0.2, 0.25) is 5.91 Å². The lowest BCUT2D eigenvalue weighted by molar-refractivity contribution is -0.125. The zero-order valence-electron chi connectivity index (χ0n) is 11.9. The van der Waals surface area contributed by atoms with E-state index >= 15 is 0 Å². The topological polar surface area (TPSA) is 42.0 Å². The summed E-state index contributed by atoms with van der Waals surface area (Å²) in [5.74, 6) is 0.214. The first kappa shape index (κ1) is 14.5. The summed E-state index contributed by atoms with van der Waals surface area (Å²) in [6.07, 6.45) is 2.63. The quantitative estimate of drug-likeness (QED) is 0.940. The van der Waals surface area contributed by atoms with Crippen molar-refractivity contribution in [3.8, 4) is 0 Å². The minimum atomic E-state index is 0.0738. The van der Waals surface area contributed by atoms with Crippen LogP contribution in [0.25, 0.3) is 0 Å². The Labute approximate surface area is 133 Å². The third-order valence-corrected chi connectivity index (χ3v) is 5.08. The average Bonchev–Trinajstić information content (AvgIpc) is 2.85. The predicted molar refractivity (Wildman–Crippen MR) is 85.7 cm³/mol. The van der Waals surface area contributed by atoms with Crippen LogP contribution in [0.2, 0.25) is 5.02 Å². The Morgan fingerprint density at radius 3 is 2.95 bits per heavy atom. The molecule has 1 atom stereocenters. The maximum absolute atomic E-state index is 12.3. The van der Waals surface area contributed by atoms with Crippen molar-refractivity contribution < 1.29 is 4.79 Å². The van der Waals surface area contributed by atoms with Gasteiger partial charge in [-0.1, -0.05) is 23.7 Å². The van der Waals surface area contributed by atoms with Crippen LogP contribution in [0.4, 0.5) is 0 Å². The van der Waals surface area contributed by atoms with Crippen LogP contribution in [-0.4, -0.2) is 10.9 Å². The van der Waals surface area contributed by atoms with Gasteiger partial charge in [0.1, 0.15) is 0 Å². The van der Waals surface area contributed by atoms with E-state index in [9.17, 15) is 4.79 Å². The maximum atomic E-state index is 12.3. The fraction of sp³-hybridized carbons (Fsp3) is 0.375. The van der Waals surface area contributed by atoms with Gasteiger partial charge in [0.15, 0.2) is 0 Å². The van der Waals surface area contributed by atoms with E-state index in [0.29, 0.717) is 11.6 Å². The Hall–Kier alpha value is -1.39. The molecule has 0 aliphatic heterocycles. The second kappa shape index (κ2) is 6.16. The summed E-state index contributed by atoms with van der Waals surface area (Å²) in [6.45, 7) is 2.58. The van der Waals surface area contributed by atoms with Gasteiger partial charge in [-0.15, -0.1) is 11.3 Å².